The summed E-state index contributed by atoms with van der Waals surface area (Å²) in [6, 6.07) is 6.73. The predicted molar refractivity (Wildman–Crippen MR) is 72.8 cm³/mol. The number of hydrogen-bond acceptors (Lipinski definition) is 3. The van der Waals surface area contributed by atoms with Gasteiger partial charge in [0, 0.05) is 10.2 Å². The van der Waals surface area contributed by atoms with Gasteiger partial charge in [-0.2, -0.15) is 0 Å². The summed E-state index contributed by atoms with van der Waals surface area (Å²) < 4.78 is 22.7. The van der Waals surface area contributed by atoms with Gasteiger partial charge >= 0.3 is 0 Å². The zero-order chi connectivity index (χ0) is 13.3. The number of benzene rings is 1. The summed E-state index contributed by atoms with van der Waals surface area (Å²) in [7, 11) is -3.55. The van der Waals surface area contributed by atoms with Crippen LogP contribution in [0.3, 0.4) is 0 Å². The average molecular weight is 342 g/mol. The van der Waals surface area contributed by atoms with Crippen LogP contribution in [0.15, 0.2) is 28.7 Å². The molecule has 0 spiro atoms. The minimum absolute atomic E-state index is 0.111. The molecule has 0 aliphatic rings. The second-order valence-electron chi connectivity index (χ2n) is 3.84. The first-order chi connectivity index (χ1) is 7.72. The maximum Gasteiger partial charge on any atom is 0.172 e. The van der Waals surface area contributed by atoms with Crippen LogP contribution in [0.25, 0.3) is 0 Å². The quantitative estimate of drug-likeness (QED) is 0.857. The number of rotatable bonds is 4. The highest BCUT2D eigenvalue weighted by Crippen LogP contribution is 2.37. The lowest BCUT2D eigenvalue weighted by Crippen LogP contribution is -2.37. The zero-order valence-corrected chi connectivity index (χ0v) is 12.7. The minimum Gasteiger partial charge on any atom is -0.385 e. The fraction of sp³-hybridized carbons (Fsp3) is 0.455. The van der Waals surface area contributed by atoms with Crippen LogP contribution in [-0.2, 0) is 9.84 Å². The molecule has 0 aliphatic heterocycles. The van der Waals surface area contributed by atoms with Crippen molar-refractivity contribution < 1.29 is 13.5 Å². The van der Waals surface area contributed by atoms with Crippen molar-refractivity contribution in [2.75, 3.05) is 5.75 Å². The Morgan fingerprint density at radius 1 is 1.41 bits per heavy atom. The fourth-order valence-electron chi connectivity index (χ4n) is 1.40. The highest BCUT2D eigenvalue weighted by atomic mass is 79.9. The van der Waals surface area contributed by atoms with Crippen molar-refractivity contribution in [2.45, 2.75) is 24.2 Å². The largest absolute Gasteiger partial charge is 0.385 e. The summed E-state index contributed by atoms with van der Waals surface area (Å²) in [5.41, 5.74) is 0.475. The highest BCUT2D eigenvalue weighted by Gasteiger charge is 2.43. The topological polar surface area (TPSA) is 54.4 Å². The monoisotopic (exact) mass is 340 g/mol. The van der Waals surface area contributed by atoms with Crippen LogP contribution >= 0.6 is 27.5 Å². The van der Waals surface area contributed by atoms with Gasteiger partial charge < -0.3 is 5.11 Å². The molecule has 0 aromatic heterocycles. The molecule has 0 amide bonds. The summed E-state index contributed by atoms with van der Waals surface area (Å²) in [5, 5.41) is 10.1. The first-order valence-electron chi connectivity index (χ1n) is 5.07. The normalized spacial score (nSPS) is 17.5. The zero-order valence-electron chi connectivity index (χ0n) is 9.52. The van der Waals surface area contributed by atoms with Crippen LogP contribution in [0.4, 0.5) is 0 Å². The first kappa shape index (κ1) is 15.0. The first-order valence-corrected chi connectivity index (χ1v) is 7.89. The van der Waals surface area contributed by atoms with Gasteiger partial charge in [0.25, 0.3) is 0 Å². The van der Waals surface area contributed by atoms with Gasteiger partial charge in [0.2, 0.25) is 0 Å². The molecular formula is C11H14BrClO3S. The Kier molecular flexibility index (Phi) is 4.63. The number of hydrogen-bond donors (Lipinski definition) is 1. The van der Waals surface area contributed by atoms with Crippen LogP contribution in [0.5, 0.6) is 0 Å². The van der Waals surface area contributed by atoms with Gasteiger partial charge in [-0.25, -0.2) is 8.42 Å². The molecule has 96 valence electrons. The standard InChI is InChI=1S/C11H14BrClO3S/c1-3-17(15,16)11(2,13)10(14)8-4-6-9(12)7-5-8/h4-7,10,14H,3H2,1-2H3/t10-,11+/m1/s1. The smallest absolute Gasteiger partial charge is 0.172 e. The lowest BCUT2D eigenvalue weighted by Gasteiger charge is -2.27. The molecule has 0 bridgehead atoms. The second-order valence-corrected chi connectivity index (χ2v) is 8.42. The van der Waals surface area contributed by atoms with E-state index < -0.39 is 20.1 Å². The van der Waals surface area contributed by atoms with Crippen molar-refractivity contribution in [2.24, 2.45) is 0 Å². The fourth-order valence-corrected chi connectivity index (χ4v) is 3.15. The molecular weight excluding hydrogens is 328 g/mol. The molecule has 0 aliphatic carbocycles. The van der Waals surface area contributed by atoms with E-state index in [1.807, 2.05) is 0 Å². The molecule has 0 saturated carbocycles. The predicted octanol–water partition coefficient (Wildman–Crippen LogP) is 2.87. The Morgan fingerprint density at radius 3 is 2.29 bits per heavy atom. The van der Waals surface area contributed by atoms with E-state index in [-0.39, 0.29) is 5.75 Å². The number of halogens is 2. The van der Waals surface area contributed by atoms with Crippen LogP contribution < -0.4 is 0 Å². The van der Waals surface area contributed by atoms with Crippen molar-refractivity contribution in [1.82, 2.24) is 0 Å². The average Bonchev–Trinajstić information content (AvgIpc) is 2.28. The SMILES string of the molecule is CCS(=O)(=O)[C@](C)(Cl)[C@H](O)c1ccc(Br)cc1. The van der Waals surface area contributed by atoms with E-state index in [2.05, 4.69) is 15.9 Å². The van der Waals surface area contributed by atoms with E-state index >= 15 is 0 Å². The molecule has 0 unspecified atom stereocenters. The molecule has 1 aromatic carbocycles. The van der Waals surface area contributed by atoms with E-state index in [4.69, 9.17) is 11.6 Å². The Hall–Kier alpha value is -0.100. The van der Waals surface area contributed by atoms with Crippen LogP contribution in [-0.4, -0.2) is 23.5 Å². The van der Waals surface area contributed by atoms with Crippen molar-refractivity contribution in [3.8, 4) is 0 Å². The third-order valence-corrected chi connectivity index (χ3v) is 6.30. The van der Waals surface area contributed by atoms with Crippen molar-refractivity contribution in [1.29, 1.82) is 0 Å². The summed E-state index contributed by atoms with van der Waals surface area (Å²) in [6.07, 6.45) is -1.26. The molecule has 0 saturated heterocycles. The molecule has 1 N–H and O–H groups in total. The third kappa shape index (κ3) is 3.02. The number of sulfone groups is 1. The maximum atomic E-state index is 11.8. The van der Waals surface area contributed by atoms with E-state index in [1.54, 1.807) is 24.3 Å². The maximum absolute atomic E-state index is 11.8. The molecule has 0 heterocycles. The van der Waals surface area contributed by atoms with Crippen LogP contribution in [0.1, 0.15) is 25.5 Å². The number of alkyl halides is 1. The van der Waals surface area contributed by atoms with Gasteiger partial charge in [-0.05, 0) is 24.6 Å². The van der Waals surface area contributed by atoms with Gasteiger partial charge in [-0.15, -0.1) is 0 Å². The lowest BCUT2D eigenvalue weighted by molar-refractivity contribution is 0.162. The molecule has 6 heteroatoms. The number of aliphatic hydroxyl groups excluding tert-OH is 1. The Balaban J connectivity index is 3.12. The van der Waals surface area contributed by atoms with Crippen molar-refractivity contribution >= 4 is 37.4 Å². The van der Waals surface area contributed by atoms with Crippen molar-refractivity contribution in [3.63, 3.8) is 0 Å². The molecule has 1 aromatic rings. The van der Waals surface area contributed by atoms with Gasteiger partial charge in [0.05, 0.1) is 0 Å². The molecule has 0 radical (unpaired) electrons. The molecule has 17 heavy (non-hydrogen) atoms. The van der Waals surface area contributed by atoms with Gasteiger partial charge in [-0.1, -0.05) is 46.6 Å². The van der Waals surface area contributed by atoms with E-state index in [9.17, 15) is 13.5 Å². The second kappa shape index (κ2) is 5.26. The van der Waals surface area contributed by atoms with E-state index in [0.29, 0.717) is 5.56 Å². The third-order valence-electron chi connectivity index (χ3n) is 2.66. The van der Waals surface area contributed by atoms with Gasteiger partial charge in [0.15, 0.2) is 14.0 Å². The van der Waals surface area contributed by atoms with Gasteiger partial charge in [-0.3, -0.25) is 0 Å². The summed E-state index contributed by atoms with van der Waals surface area (Å²) in [6.45, 7) is 2.82. The lowest BCUT2D eigenvalue weighted by atomic mass is 10.1. The Labute approximate surface area is 115 Å². The molecule has 0 fully saturated rings. The van der Waals surface area contributed by atoms with Crippen LogP contribution in [0.2, 0.25) is 0 Å². The van der Waals surface area contributed by atoms with E-state index in [0.717, 1.165) is 4.47 Å². The molecule has 2 atom stereocenters. The van der Waals surface area contributed by atoms with Gasteiger partial charge in [0.1, 0.15) is 6.10 Å². The Morgan fingerprint density at radius 2 is 1.88 bits per heavy atom. The Bertz CT molecular complexity index is 482. The minimum atomic E-state index is -3.55. The van der Waals surface area contributed by atoms with E-state index in [1.165, 1.54) is 13.8 Å². The molecule has 3 nitrogen and oxygen atoms in total. The summed E-state index contributed by atoms with van der Waals surface area (Å²) in [4.78, 5) is 0. The van der Waals surface area contributed by atoms with Crippen molar-refractivity contribution in [3.05, 3.63) is 34.3 Å². The molecule has 1 rings (SSSR count). The van der Waals surface area contributed by atoms with Crippen LogP contribution in [0, 0.1) is 0 Å². The summed E-state index contributed by atoms with van der Waals surface area (Å²) in [5.74, 6) is -0.111. The highest BCUT2D eigenvalue weighted by molar-refractivity contribution is 9.10. The number of aliphatic hydroxyl groups is 1. The summed E-state index contributed by atoms with van der Waals surface area (Å²) >= 11 is 9.27.